The van der Waals surface area contributed by atoms with Gasteiger partial charge in [-0.25, -0.2) is 14.8 Å². The number of hydrogen-bond donors (Lipinski definition) is 2. The molecule has 0 saturated carbocycles. The summed E-state index contributed by atoms with van der Waals surface area (Å²) in [6, 6.07) is 13.4. The molecule has 1 aromatic carbocycles. The third kappa shape index (κ3) is 2.95. The van der Waals surface area contributed by atoms with Gasteiger partial charge in [-0.3, -0.25) is 9.69 Å². The predicted octanol–water partition coefficient (Wildman–Crippen LogP) is 3.73. The van der Waals surface area contributed by atoms with Crippen LogP contribution in [0, 0.1) is 0 Å². The minimum atomic E-state index is -0.984. The lowest BCUT2D eigenvalue weighted by atomic mass is 10.0. The van der Waals surface area contributed by atoms with E-state index >= 15 is 0 Å². The number of carbonyl (C=O) groups is 2. The van der Waals surface area contributed by atoms with Crippen molar-refractivity contribution >= 4 is 35.1 Å². The fourth-order valence-corrected chi connectivity index (χ4v) is 4.61. The summed E-state index contributed by atoms with van der Waals surface area (Å²) in [7, 11) is 0. The van der Waals surface area contributed by atoms with Crippen LogP contribution in [0.25, 0.3) is 0 Å². The number of aromatic nitrogens is 2. The first kappa shape index (κ1) is 17.5. The van der Waals surface area contributed by atoms with E-state index in [1.165, 1.54) is 4.90 Å². The Hall–Kier alpha value is -3.59. The van der Waals surface area contributed by atoms with E-state index in [4.69, 9.17) is 4.74 Å². The number of ether oxygens (including phenoxy) is 1. The molecule has 2 unspecified atom stereocenters. The summed E-state index contributed by atoms with van der Waals surface area (Å²) in [5.74, 6) is 0.0773. The first-order valence-electron chi connectivity index (χ1n) is 8.80. The van der Waals surface area contributed by atoms with Gasteiger partial charge in [0.25, 0.3) is 0 Å². The summed E-state index contributed by atoms with van der Waals surface area (Å²) in [5.41, 5.74) is 1.87. The van der Waals surface area contributed by atoms with Gasteiger partial charge in [0.15, 0.2) is 0 Å². The second-order valence-electron chi connectivity index (χ2n) is 6.46. The summed E-state index contributed by atoms with van der Waals surface area (Å²) < 4.78 is 5.69. The molecule has 2 aliphatic rings. The molecule has 29 heavy (non-hydrogen) atoms. The molecule has 0 fully saturated rings. The van der Waals surface area contributed by atoms with Crippen LogP contribution in [0.5, 0.6) is 11.6 Å². The molecule has 2 N–H and O–H groups in total. The summed E-state index contributed by atoms with van der Waals surface area (Å²) in [5, 5.41) is 12.1. The third-order valence-corrected chi connectivity index (χ3v) is 5.97. The molecule has 2 amide bonds. The summed E-state index contributed by atoms with van der Waals surface area (Å²) in [4.78, 5) is 34.5. The second-order valence-corrected chi connectivity index (χ2v) is 7.59. The highest BCUT2D eigenvalue weighted by Gasteiger charge is 2.46. The molecular formula is C20H14N4O4S. The maximum absolute atomic E-state index is 12.8. The van der Waals surface area contributed by atoms with Crippen molar-refractivity contribution in [2.75, 3.05) is 4.90 Å². The van der Waals surface area contributed by atoms with Gasteiger partial charge in [0.2, 0.25) is 5.88 Å². The van der Waals surface area contributed by atoms with E-state index in [0.29, 0.717) is 33.6 Å². The van der Waals surface area contributed by atoms with Crippen molar-refractivity contribution in [3.8, 4) is 11.6 Å². The van der Waals surface area contributed by atoms with E-state index < -0.39 is 23.3 Å². The Kier molecular flexibility index (Phi) is 4.09. The van der Waals surface area contributed by atoms with Gasteiger partial charge in [-0.15, -0.1) is 0 Å². The number of hydrogen-bond acceptors (Lipinski definition) is 6. The van der Waals surface area contributed by atoms with Gasteiger partial charge in [-0.1, -0.05) is 30.0 Å². The van der Waals surface area contributed by atoms with Crippen molar-refractivity contribution in [1.29, 1.82) is 0 Å². The van der Waals surface area contributed by atoms with E-state index in [0.717, 1.165) is 11.8 Å². The minimum Gasteiger partial charge on any atom is -0.480 e. The molecule has 2 atom stereocenters. The Balaban J connectivity index is 1.48. The van der Waals surface area contributed by atoms with Crippen molar-refractivity contribution in [3.05, 3.63) is 66.5 Å². The number of benzene rings is 1. The van der Waals surface area contributed by atoms with E-state index in [9.17, 15) is 14.7 Å². The maximum Gasteiger partial charge on any atom is 0.327 e. The number of para-hydroxylation sites is 1. The van der Waals surface area contributed by atoms with Crippen LogP contribution in [0.15, 0.2) is 66.0 Å². The third-order valence-electron chi connectivity index (χ3n) is 4.69. The fourth-order valence-electron chi connectivity index (χ4n) is 3.44. The van der Waals surface area contributed by atoms with Crippen LogP contribution < -0.4 is 15.0 Å². The Morgan fingerprint density at radius 3 is 2.69 bits per heavy atom. The lowest BCUT2D eigenvalue weighted by Gasteiger charge is -2.33. The molecule has 2 aromatic heterocycles. The van der Waals surface area contributed by atoms with Crippen molar-refractivity contribution in [1.82, 2.24) is 15.3 Å². The molecule has 0 spiro atoms. The number of nitrogens with one attached hydrogen (secondary N) is 1. The van der Waals surface area contributed by atoms with Crippen molar-refractivity contribution in [2.45, 2.75) is 16.3 Å². The molecule has 4 heterocycles. The van der Waals surface area contributed by atoms with Crippen molar-refractivity contribution < 1.29 is 19.4 Å². The van der Waals surface area contributed by atoms with Crippen LogP contribution in [0.3, 0.4) is 0 Å². The number of urea groups is 1. The average Bonchev–Trinajstić information content (AvgIpc) is 3.10. The Labute approximate surface area is 169 Å². The highest BCUT2D eigenvalue weighted by atomic mass is 32.2. The smallest absolute Gasteiger partial charge is 0.327 e. The molecule has 0 saturated heterocycles. The van der Waals surface area contributed by atoms with E-state index in [1.54, 1.807) is 30.6 Å². The standard InChI is InChI=1S/C20H14N4O4S/c25-19(26)17-16-15-13(8-9-21-18(15)29-17)24(20(27)23-16)11-6-7-14(22-10-11)28-12-4-2-1-3-5-12/h1-10,16-17H,(H,23,27)(H,25,26). The first-order valence-corrected chi connectivity index (χ1v) is 9.68. The van der Waals surface area contributed by atoms with Crippen LogP contribution in [-0.2, 0) is 4.79 Å². The van der Waals surface area contributed by atoms with Crippen LogP contribution in [0.4, 0.5) is 16.2 Å². The number of carbonyl (C=O) groups excluding carboxylic acids is 1. The van der Waals surface area contributed by atoms with Gasteiger partial charge >= 0.3 is 12.0 Å². The first-order chi connectivity index (χ1) is 14.1. The molecule has 2 aliphatic heterocycles. The molecular weight excluding hydrogens is 392 g/mol. The van der Waals surface area contributed by atoms with Crippen molar-refractivity contribution in [3.63, 3.8) is 0 Å². The Morgan fingerprint density at radius 2 is 1.97 bits per heavy atom. The zero-order chi connectivity index (χ0) is 20.0. The van der Waals surface area contributed by atoms with Crippen LogP contribution in [0.1, 0.15) is 11.6 Å². The van der Waals surface area contributed by atoms with E-state index in [-0.39, 0.29) is 0 Å². The molecule has 5 rings (SSSR count). The maximum atomic E-state index is 12.8. The topological polar surface area (TPSA) is 105 Å². The summed E-state index contributed by atoms with van der Waals surface area (Å²) in [6.07, 6.45) is 3.12. The highest BCUT2D eigenvalue weighted by Crippen LogP contribution is 2.50. The van der Waals surface area contributed by atoms with Crippen LogP contribution in [-0.4, -0.2) is 32.3 Å². The predicted molar refractivity (Wildman–Crippen MR) is 106 cm³/mol. The molecule has 9 heteroatoms. The quantitative estimate of drug-likeness (QED) is 0.680. The van der Waals surface area contributed by atoms with Gasteiger partial charge in [0, 0.05) is 17.8 Å². The van der Waals surface area contributed by atoms with Gasteiger partial charge in [-0.2, -0.15) is 0 Å². The molecule has 3 aromatic rings. The molecule has 0 bridgehead atoms. The SMILES string of the molecule is O=C(O)C1Sc2nccc3c2C1NC(=O)N3c1ccc(Oc2ccccc2)nc1. The minimum absolute atomic E-state index is 0.400. The fraction of sp³-hybridized carbons (Fsp3) is 0.100. The zero-order valence-corrected chi connectivity index (χ0v) is 15.7. The van der Waals surface area contributed by atoms with Gasteiger partial charge in [0.05, 0.1) is 23.6 Å². The number of anilines is 2. The number of thioether (sulfide) groups is 1. The zero-order valence-electron chi connectivity index (χ0n) is 14.9. The second kappa shape index (κ2) is 6.78. The molecule has 0 radical (unpaired) electrons. The van der Waals surface area contributed by atoms with E-state index in [1.807, 2.05) is 30.3 Å². The molecule has 0 aliphatic carbocycles. The Bertz CT molecular complexity index is 1110. The number of pyridine rings is 2. The Morgan fingerprint density at radius 1 is 1.14 bits per heavy atom. The summed E-state index contributed by atoms with van der Waals surface area (Å²) >= 11 is 1.15. The van der Waals surface area contributed by atoms with Crippen LogP contribution >= 0.6 is 11.8 Å². The van der Waals surface area contributed by atoms with Gasteiger partial charge in [0.1, 0.15) is 16.0 Å². The molecule has 144 valence electrons. The number of nitrogens with zero attached hydrogens (tertiary/aromatic N) is 3. The number of carboxylic acids is 1. The number of rotatable bonds is 4. The van der Waals surface area contributed by atoms with Gasteiger partial charge in [-0.05, 0) is 24.3 Å². The van der Waals surface area contributed by atoms with Crippen molar-refractivity contribution in [2.24, 2.45) is 0 Å². The number of carboxylic acid groups (broad SMARTS) is 1. The average molecular weight is 406 g/mol. The van der Waals surface area contributed by atoms with Gasteiger partial charge < -0.3 is 15.2 Å². The number of amides is 2. The lowest BCUT2D eigenvalue weighted by molar-refractivity contribution is -0.136. The monoisotopic (exact) mass is 406 g/mol. The largest absolute Gasteiger partial charge is 0.480 e. The number of aliphatic carboxylic acids is 1. The molecule has 8 nitrogen and oxygen atoms in total. The van der Waals surface area contributed by atoms with E-state index in [2.05, 4.69) is 15.3 Å². The highest BCUT2D eigenvalue weighted by molar-refractivity contribution is 8.00. The normalized spacial score (nSPS) is 19.4. The summed E-state index contributed by atoms with van der Waals surface area (Å²) in [6.45, 7) is 0. The lowest BCUT2D eigenvalue weighted by Crippen LogP contribution is -2.47. The van der Waals surface area contributed by atoms with Crippen LogP contribution in [0.2, 0.25) is 0 Å².